The Labute approximate surface area is 161 Å². The molecule has 27 heavy (non-hydrogen) atoms. The summed E-state index contributed by atoms with van der Waals surface area (Å²) in [7, 11) is 0. The maximum Gasteiger partial charge on any atom is 0.169 e. The fraction of sp³-hybridized carbons (Fsp3) is 0.167. The van der Waals surface area contributed by atoms with Crippen LogP contribution >= 0.6 is 0 Å². The molecule has 140 valence electrons. The topological polar surface area (TPSA) is 27.7 Å². The van der Waals surface area contributed by atoms with Crippen LogP contribution < -0.4 is 14.2 Å². The summed E-state index contributed by atoms with van der Waals surface area (Å²) < 4.78 is 18.0. The quantitative estimate of drug-likeness (QED) is 0.429. The molecule has 0 spiro atoms. The van der Waals surface area contributed by atoms with Gasteiger partial charge in [-0.2, -0.15) is 0 Å². The molecule has 0 unspecified atom stereocenters. The monoisotopic (exact) mass is 362 g/mol. The Morgan fingerprint density at radius 1 is 0.630 bits per heavy atom. The number of hydrogen-bond donors (Lipinski definition) is 0. The zero-order valence-corrected chi connectivity index (χ0v) is 15.7. The van der Waals surface area contributed by atoms with Crippen molar-refractivity contribution in [3.05, 3.63) is 98.1 Å². The van der Waals surface area contributed by atoms with Crippen molar-refractivity contribution in [3.63, 3.8) is 0 Å². The second kappa shape index (κ2) is 10.7. The molecule has 0 fully saturated rings. The number of benzene rings is 2. The maximum atomic E-state index is 6.22. The van der Waals surface area contributed by atoms with E-state index < -0.39 is 0 Å². The molecule has 0 aliphatic heterocycles. The van der Waals surface area contributed by atoms with Gasteiger partial charge in [-0.25, -0.2) is 0 Å². The predicted octanol–water partition coefficient (Wildman–Crippen LogP) is 6.07. The molecule has 0 N–H and O–H groups in total. The molecule has 3 heteroatoms. The lowest BCUT2D eigenvalue weighted by Crippen LogP contribution is -2.02. The minimum absolute atomic E-state index is 0.390. The Morgan fingerprint density at radius 2 is 1.07 bits per heavy atom. The third-order valence-electron chi connectivity index (χ3n) is 3.76. The molecule has 0 heterocycles. The first kappa shape index (κ1) is 20.1. The first-order valence-electron chi connectivity index (χ1n) is 8.85. The van der Waals surface area contributed by atoms with Crippen LogP contribution in [0, 0.1) is 0 Å². The smallest absolute Gasteiger partial charge is 0.169 e. The van der Waals surface area contributed by atoms with Gasteiger partial charge >= 0.3 is 0 Å². The van der Waals surface area contributed by atoms with Crippen molar-refractivity contribution in [2.75, 3.05) is 13.2 Å². The van der Waals surface area contributed by atoms with Gasteiger partial charge in [0.15, 0.2) is 23.0 Å². The summed E-state index contributed by atoms with van der Waals surface area (Å²) >= 11 is 0. The van der Waals surface area contributed by atoms with E-state index in [1.54, 1.807) is 12.2 Å². The third-order valence-corrected chi connectivity index (χ3v) is 3.76. The summed E-state index contributed by atoms with van der Waals surface area (Å²) in [6.45, 7) is 15.9. The molecule has 2 aromatic rings. The zero-order valence-electron chi connectivity index (χ0n) is 15.7. The van der Waals surface area contributed by atoms with E-state index in [0.29, 0.717) is 49.1 Å². The van der Waals surface area contributed by atoms with Gasteiger partial charge in [-0.1, -0.05) is 61.7 Å². The molecule has 0 amide bonds. The molecular formula is C24H26O3. The fourth-order valence-corrected chi connectivity index (χ4v) is 2.65. The van der Waals surface area contributed by atoms with Gasteiger partial charge < -0.3 is 14.2 Å². The maximum absolute atomic E-state index is 6.22. The van der Waals surface area contributed by atoms with Crippen molar-refractivity contribution in [2.24, 2.45) is 0 Å². The first-order chi connectivity index (χ1) is 13.2. The number of allylic oxidation sites excluding steroid dienone is 2. The fourth-order valence-electron chi connectivity index (χ4n) is 2.65. The largest absolute Gasteiger partial charge is 0.485 e. The normalized spacial score (nSPS) is 9.93. The van der Waals surface area contributed by atoms with Gasteiger partial charge in [0, 0.05) is 11.1 Å². The van der Waals surface area contributed by atoms with Crippen molar-refractivity contribution >= 4 is 0 Å². The molecule has 0 saturated heterocycles. The van der Waals surface area contributed by atoms with E-state index in [1.807, 2.05) is 48.6 Å². The van der Waals surface area contributed by atoms with Crippen molar-refractivity contribution in [1.29, 1.82) is 0 Å². The SMILES string of the molecule is C=CCOc1c(CC=C)cccc1Oc1cccc(CC=C)c1OCC=C. The molecule has 2 aromatic carbocycles. The van der Waals surface area contributed by atoms with Crippen LogP contribution in [0.3, 0.4) is 0 Å². The van der Waals surface area contributed by atoms with Gasteiger partial charge in [0.1, 0.15) is 13.2 Å². The number of para-hydroxylation sites is 2. The number of hydrogen-bond acceptors (Lipinski definition) is 3. The standard InChI is InChI=1S/C24H26O3/c1-5-11-19-13-9-15-21(23(19)25-17-7-3)27-22-16-10-14-20(12-6-2)24(22)26-18-8-4/h5-10,13-16H,1-4,11-12,17-18H2. The molecule has 0 atom stereocenters. The summed E-state index contributed by atoms with van der Waals surface area (Å²) in [4.78, 5) is 0. The van der Waals surface area contributed by atoms with E-state index in [4.69, 9.17) is 14.2 Å². The lowest BCUT2D eigenvalue weighted by atomic mass is 10.1. The Morgan fingerprint density at radius 3 is 1.44 bits per heavy atom. The second-order valence-electron chi connectivity index (χ2n) is 5.78. The lowest BCUT2D eigenvalue weighted by molar-refractivity contribution is 0.318. The predicted molar refractivity (Wildman–Crippen MR) is 112 cm³/mol. The lowest BCUT2D eigenvalue weighted by Gasteiger charge is -2.18. The van der Waals surface area contributed by atoms with Gasteiger partial charge in [-0.15, -0.1) is 13.2 Å². The Bertz CT molecular complexity index is 738. The van der Waals surface area contributed by atoms with E-state index in [0.717, 1.165) is 11.1 Å². The Balaban J connectivity index is 2.45. The van der Waals surface area contributed by atoms with Gasteiger partial charge in [0.05, 0.1) is 0 Å². The summed E-state index contributed by atoms with van der Waals surface area (Å²) in [5.74, 6) is 2.60. The minimum Gasteiger partial charge on any atom is -0.485 e. The van der Waals surface area contributed by atoms with Crippen LogP contribution in [-0.2, 0) is 12.8 Å². The van der Waals surface area contributed by atoms with Crippen LogP contribution in [0.4, 0.5) is 0 Å². The van der Waals surface area contributed by atoms with Crippen LogP contribution in [0.1, 0.15) is 11.1 Å². The van der Waals surface area contributed by atoms with E-state index in [9.17, 15) is 0 Å². The van der Waals surface area contributed by atoms with E-state index in [-0.39, 0.29) is 0 Å². The van der Waals surface area contributed by atoms with Crippen molar-refractivity contribution < 1.29 is 14.2 Å². The highest BCUT2D eigenvalue weighted by Gasteiger charge is 2.15. The first-order valence-corrected chi connectivity index (χ1v) is 8.85. The van der Waals surface area contributed by atoms with Crippen molar-refractivity contribution in [3.8, 4) is 23.0 Å². The van der Waals surface area contributed by atoms with Crippen LogP contribution in [-0.4, -0.2) is 13.2 Å². The molecule has 0 aromatic heterocycles. The molecule has 3 nitrogen and oxygen atoms in total. The van der Waals surface area contributed by atoms with Gasteiger partial charge in [0.2, 0.25) is 0 Å². The summed E-state index contributed by atoms with van der Waals surface area (Å²) in [6, 6.07) is 11.6. The molecule has 0 bridgehead atoms. The highest BCUT2D eigenvalue weighted by Crippen LogP contribution is 2.40. The van der Waals surface area contributed by atoms with Gasteiger partial charge in [-0.3, -0.25) is 0 Å². The average molecular weight is 362 g/mol. The van der Waals surface area contributed by atoms with E-state index >= 15 is 0 Å². The van der Waals surface area contributed by atoms with Crippen LogP contribution in [0.15, 0.2) is 87.0 Å². The van der Waals surface area contributed by atoms with Crippen molar-refractivity contribution in [2.45, 2.75) is 12.8 Å². The minimum atomic E-state index is 0.390. The molecule has 0 saturated carbocycles. The van der Waals surface area contributed by atoms with Crippen LogP contribution in [0.2, 0.25) is 0 Å². The highest BCUT2D eigenvalue weighted by atomic mass is 16.5. The summed E-state index contributed by atoms with van der Waals surface area (Å²) in [6.07, 6.45) is 8.45. The average Bonchev–Trinajstić information content (AvgIpc) is 2.67. The van der Waals surface area contributed by atoms with Gasteiger partial charge in [0.25, 0.3) is 0 Å². The Kier molecular flexibility index (Phi) is 7.98. The van der Waals surface area contributed by atoms with Gasteiger partial charge in [-0.05, 0) is 25.0 Å². The van der Waals surface area contributed by atoms with E-state index in [1.165, 1.54) is 0 Å². The molecule has 0 aliphatic carbocycles. The zero-order chi connectivity index (χ0) is 19.5. The third kappa shape index (κ3) is 5.38. The molecular weight excluding hydrogens is 336 g/mol. The van der Waals surface area contributed by atoms with E-state index in [2.05, 4.69) is 26.3 Å². The molecule has 0 radical (unpaired) electrons. The van der Waals surface area contributed by atoms with Crippen LogP contribution in [0.25, 0.3) is 0 Å². The summed E-state index contributed by atoms with van der Waals surface area (Å²) in [5.41, 5.74) is 2.00. The van der Waals surface area contributed by atoms with Crippen LogP contribution in [0.5, 0.6) is 23.0 Å². The Hall–Kier alpha value is -3.20. The second-order valence-corrected chi connectivity index (χ2v) is 5.78. The highest BCUT2D eigenvalue weighted by molar-refractivity contribution is 5.54. The number of ether oxygens (including phenoxy) is 3. The van der Waals surface area contributed by atoms with Crippen molar-refractivity contribution in [1.82, 2.24) is 0 Å². The molecule has 0 aliphatic rings. The summed E-state index contributed by atoms with van der Waals surface area (Å²) in [5, 5.41) is 0. The molecule has 2 rings (SSSR count). The number of rotatable bonds is 12.